The summed E-state index contributed by atoms with van der Waals surface area (Å²) in [6.45, 7) is 0. The van der Waals surface area contributed by atoms with Gasteiger partial charge in [-0.2, -0.15) is 5.26 Å². The zero-order valence-electron chi connectivity index (χ0n) is 8.22. The summed E-state index contributed by atoms with van der Waals surface area (Å²) in [4.78, 5) is 11.1. The molecule has 2 N–H and O–H groups in total. The van der Waals surface area contributed by atoms with Gasteiger partial charge in [-0.15, -0.1) is 0 Å². The summed E-state index contributed by atoms with van der Waals surface area (Å²) in [6, 6.07) is 2.07. The van der Waals surface area contributed by atoms with Crippen molar-refractivity contribution >= 4 is 5.91 Å². The zero-order chi connectivity index (χ0) is 10.8. The fourth-order valence-electron chi connectivity index (χ4n) is 1.59. The second-order valence-electron chi connectivity index (χ2n) is 3.78. The fraction of sp³-hybridized carbons (Fsp3) is 0.455. The number of allylic oxidation sites excluding steroid dienone is 2. The molecule has 2 atom stereocenters. The lowest BCUT2D eigenvalue weighted by atomic mass is 9.90. The second-order valence-corrected chi connectivity index (χ2v) is 3.78. The zero-order valence-corrected chi connectivity index (χ0v) is 8.22. The summed E-state index contributed by atoms with van der Waals surface area (Å²) in [5.41, 5.74) is 5.53. The minimum absolute atomic E-state index is 0.253. The third kappa shape index (κ3) is 2.08. The monoisotopic (exact) mass is 204 g/mol. The molecule has 0 radical (unpaired) electrons. The van der Waals surface area contributed by atoms with Gasteiger partial charge < -0.3 is 10.5 Å². The van der Waals surface area contributed by atoms with Crippen LogP contribution in [-0.2, 0) is 9.53 Å². The number of ether oxygens (including phenoxy) is 1. The Morgan fingerprint density at radius 3 is 2.87 bits per heavy atom. The highest BCUT2D eigenvalue weighted by atomic mass is 16.5. The number of hydrogen-bond acceptors (Lipinski definition) is 3. The van der Waals surface area contributed by atoms with Crippen LogP contribution in [0.4, 0.5) is 0 Å². The van der Waals surface area contributed by atoms with Gasteiger partial charge in [0.05, 0.1) is 18.3 Å². The summed E-state index contributed by atoms with van der Waals surface area (Å²) in [6.07, 6.45) is 7.12. The SMILES string of the molecule is N#CC1C(C(N)=O)=CC=CC1OC1CC1. The van der Waals surface area contributed by atoms with E-state index in [1.54, 1.807) is 18.2 Å². The minimum Gasteiger partial charge on any atom is -0.369 e. The fourth-order valence-corrected chi connectivity index (χ4v) is 1.59. The Kier molecular flexibility index (Phi) is 2.57. The van der Waals surface area contributed by atoms with E-state index >= 15 is 0 Å². The van der Waals surface area contributed by atoms with Gasteiger partial charge in [0.2, 0.25) is 5.91 Å². The van der Waals surface area contributed by atoms with E-state index in [0.717, 1.165) is 12.8 Å². The van der Waals surface area contributed by atoms with Crippen molar-refractivity contribution in [3.63, 3.8) is 0 Å². The first-order chi connectivity index (χ1) is 7.22. The van der Waals surface area contributed by atoms with Crippen LogP contribution in [-0.4, -0.2) is 18.1 Å². The first-order valence-electron chi connectivity index (χ1n) is 4.95. The van der Waals surface area contributed by atoms with Crippen molar-refractivity contribution in [3.05, 3.63) is 23.8 Å². The van der Waals surface area contributed by atoms with E-state index in [1.165, 1.54) is 0 Å². The van der Waals surface area contributed by atoms with Crippen LogP contribution < -0.4 is 5.73 Å². The Bertz CT molecular complexity index is 375. The number of hydrogen-bond donors (Lipinski definition) is 1. The molecule has 1 fully saturated rings. The average Bonchev–Trinajstić information content (AvgIpc) is 3.01. The molecule has 2 aliphatic carbocycles. The summed E-state index contributed by atoms with van der Waals surface area (Å²) in [7, 11) is 0. The van der Waals surface area contributed by atoms with Crippen molar-refractivity contribution in [3.8, 4) is 6.07 Å². The van der Waals surface area contributed by atoms with Gasteiger partial charge in [0, 0.05) is 5.57 Å². The van der Waals surface area contributed by atoms with Gasteiger partial charge in [-0.3, -0.25) is 4.79 Å². The molecule has 1 saturated carbocycles. The second kappa shape index (κ2) is 3.87. The highest BCUT2D eigenvalue weighted by molar-refractivity contribution is 5.93. The molecular formula is C11H12N2O2. The van der Waals surface area contributed by atoms with Gasteiger partial charge >= 0.3 is 0 Å². The molecule has 0 bridgehead atoms. The molecule has 1 amide bonds. The Morgan fingerprint density at radius 1 is 1.60 bits per heavy atom. The van der Waals surface area contributed by atoms with Crippen LogP contribution in [0.1, 0.15) is 12.8 Å². The van der Waals surface area contributed by atoms with E-state index in [1.807, 2.05) is 0 Å². The number of rotatable bonds is 3. The number of nitrogens with two attached hydrogens (primary N) is 1. The predicted molar refractivity (Wildman–Crippen MR) is 53.4 cm³/mol. The Balaban J connectivity index is 2.14. The largest absolute Gasteiger partial charge is 0.369 e. The molecule has 2 aliphatic rings. The van der Waals surface area contributed by atoms with Crippen LogP contribution in [0.3, 0.4) is 0 Å². The molecule has 4 heteroatoms. The van der Waals surface area contributed by atoms with Crippen molar-refractivity contribution < 1.29 is 9.53 Å². The van der Waals surface area contributed by atoms with Gasteiger partial charge in [-0.25, -0.2) is 0 Å². The van der Waals surface area contributed by atoms with Crippen molar-refractivity contribution in [1.29, 1.82) is 5.26 Å². The van der Waals surface area contributed by atoms with Crippen molar-refractivity contribution in [2.75, 3.05) is 0 Å². The molecule has 2 unspecified atom stereocenters. The van der Waals surface area contributed by atoms with Gasteiger partial charge in [0.15, 0.2) is 0 Å². The van der Waals surface area contributed by atoms with Crippen molar-refractivity contribution in [2.24, 2.45) is 11.7 Å². The van der Waals surface area contributed by atoms with Gasteiger partial charge in [0.25, 0.3) is 0 Å². The molecule has 78 valence electrons. The Labute approximate surface area is 88.0 Å². The maximum absolute atomic E-state index is 11.1. The summed E-state index contributed by atoms with van der Waals surface area (Å²) in [5, 5.41) is 9.00. The average molecular weight is 204 g/mol. The molecule has 0 aromatic rings. The molecular weight excluding hydrogens is 192 g/mol. The van der Waals surface area contributed by atoms with Crippen LogP contribution in [0.2, 0.25) is 0 Å². The maximum Gasteiger partial charge on any atom is 0.246 e. The van der Waals surface area contributed by atoms with E-state index in [2.05, 4.69) is 6.07 Å². The lowest BCUT2D eigenvalue weighted by Gasteiger charge is -2.22. The number of nitrogens with zero attached hydrogens (tertiary/aromatic N) is 1. The van der Waals surface area contributed by atoms with E-state index in [-0.39, 0.29) is 12.2 Å². The molecule has 4 nitrogen and oxygen atoms in total. The third-order valence-electron chi connectivity index (χ3n) is 2.54. The summed E-state index contributed by atoms with van der Waals surface area (Å²) in [5.74, 6) is -1.11. The Morgan fingerprint density at radius 2 is 2.33 bits per heavy atom. The molecule has 0 heterocycles. The van der Waals surface area contributed by atoms with Crippen molar-refractivity contribution in [2.45, 2.75) is 25.0 Å². The number of nitriles is 1. The standard InChI is InChI=1S/C11H12N2O2/c12-6-9-8(11(13)14)2-1-3-10(9)15-7-4-5-7/h1-3,7,9-10H,4-5H2,(H2,13,14). The van der Waals surface area contributed by atoms with E-state index < -0.39 is 11.8 Å². The van der Waals surface area contributed by atoms with Crippen LogP contribution in [0.25, 0.3) is 0 Å². The molecule has 0 saturated heterocycles. The lowest BCUT2D eigenvalue weighted by molar-refractivity contribution is -0.115. The smallest absolute Gasteiger partial charge is 0.246 e. The van der Waals surface area contributed by atoms with Gasteiger partial charge in [-0.1, -0.05) is 18.2 Å². The van der Waals surface area contributed by atoms with E-state index in [4.69, 9.17) is 15.7 Å². The normalized spacial score (nSPS) is 29.4. The first-order valence-corrected chi connectivity index (χ1v) is 4.95. The van der Waals surface area contributed by atoms with Gasteiger partial charge in [-0.05, 0) is 12.8 Å². The van der Waals surface area contributed by atoms with Crippen LogP contribution >= 0.6 is 0 Å². The third-order valence-corrected chi connectivity index (χ3v) is 2.54. The van der Waals surface area contributed by atoms with E-state index in [9.17, 15) is 4.79 Å². The maximum atomic E-state index is 11.1. The highest BCUT2D eigenvalue weighted by Crippen LogP contribution is 2.31. The van der Waals surface area contributed by atoms with E-state index in [0.29, 0.717) is 5.57 Å². The highest BCUT2D eigenvalue weighted by Gasteiger charge is 2.33. The number of amides is 1. The van der Waals surface area contributed by atoms with Crippen LogP contribution in [0.15, 0.2) is 23.8 Å². The lowest BCUT2D eigenvalue weighted by Crippen LogP contribution is -2.31. The quantitative estimate of drug-likeness (QED) is 0.733. The first kappa shape index (κ1) is 9.94. The number of primary amides is 1. The molecule has 15 heavy (non-hydrogen) atoms. The number of carbonyl (C=O) groups excluding carboxylic acids is 1. The molecule has 0 aromatic carbocycles. The van der Waals surface area contributed by atoms with Gasteiger partial charge in [0.1, 0.15) is 5.92 Å². The van der Waals surface area contributed by atoms with Crippen LogP contribution in [0, 0.1) is 17.2 Å². The topological polar surface area (TPSA) is 76.1 Å². The summed E-state index contributed by atoms with van der Waals surface area (Å²) < 4.78 is 5.63. The molecule has 2 rings (SSSR count). The Hall–Kier alpha value is -1.60. The molecule has 0 spiro atoms. The van der Waals surface area contributed by atoms with Crippen LogP contribution in [0.5, 0.6) is 0 Å². The minimum atomic E-state index is -0.562. The summed E-state index contributed by atoms with van der Waals surface area (Å²) >= 11 is 0. The predicted octanol–water partition coefficient (Wildman–Crippen LogP) is 0.655. The molecule has 0 aromatic heterocycles. The molecule has 0 aliphatic heterocycles. The van der Waals surface area contributed by atoms with Crippen molar-refractivity contribution in [1.82, 2.24) is 0 Å². The number of carbonyl (C=O) groups is 1.